The van der Waals surface area contributed by atoms with Crippen molar-refractivity contribution in [3.05, 3.63) is 29.3 Å². The van der Waals surface area contributed by atoms with Gasteiger partial charge in [-0.05, 0) is 56.7 Å². The number of nitrogens with one attached hydrogen (secondary N) is 1. The van der Waals surface area contributed by atoms with Crippen molar-refractivity contribution in [1.29, 1.82) is 0 Å². The van der Waals surface area contributed by atoms with Gasteiger partial charge in [0.1, 0.15) is 0 Å². The molecule has 2 saturated carbocycles. The van der Waals surface area contributed by atoms with Gasteiger partial charge in [0.15, 0.2) is 0 Å². The van der Waals surface area contributed by atoms with Gasteiger partial charge < -0.3 is 10.2 Å². The van der Waals surface area contributed by atoms with Crippen LogP contribution in [0.25, 0.3) is 0 Å². The molecule has 0 atom stereocenters. The molecule has 19 heavy (non-hydrogen) atoms. The van der Waals surface area contributed by atoms with Gasteiger partial charge in [-0.25, -0.2) is 0 Å². The van der Waals surface area contributed by atoms with Gasteiger partial charge in [0.05, 0.1) is 0 Å². The number of nitrogens with zero attached hydrogens (tertiary/aromatic N) is 1. The summed E-state index contributed by atoms with van der Waals surface area (Å²) in [5.41, 5.74) is 4.34. The molecule has 0 aromatic heterocycles. The van der Waals surface area contributed by atoms with Crippen LogP contribution >= 0.6 is 0 Å². The van der Waals surface area contributed by atoms with Crippen LogP contribution in [0.3, 0.4) is 0 Å². The van der Waals surface area contributed by atoms with Crippen LogP contribution in [-0.4, -0.2) is 19.1 Å². The number of anilines is 1. The standard InChI is InChI=1S/C17H26N2/c1-3-18-11-15-10-13(2)4-9-17(15)19(16-7-8-16)12-14-5-6-14/h4,9-10,14,16,18H,3,5-8,11-12H2,1-2H3. The van der Waals surface area contributed by atoms with Crippen LogP contribution < -0.4 is 10.2 Å². The fourth-order valence-corrected chi connectivity index (χ4v) is 2.80. The lowest BCUT2D eigenvalue weighted by molar-refractivity contribution is 0.694. The molecule has 2 aliphatic rings. The Morgan fingerprint density at radius 3 is 2.63 bits per heavy atom. The molecule has 0 radical (unpaired) electrons. The Morgan fingerprint density at radius 2 is 2.00 bits per heavy atom. The van der Waals surface area contributed by atoms with Gasteiger partial charge in [-0.3, -0.25) is 0 Å². The summed E-state index contributed by atoms with van der Waals surface area (Å²) in [6.07, 6.45) is 5.66. The molecule has 0 heterocycles. The predicted molar refractivity (Wildman–Crippen MR) is 81.7 cm³/mol. The third-order valence-electron chi connectivity index (χ3n) is 4.25. The first-order valence-corrected chi connectivity index (χ1v) is 7.85. The summed E-state index contributed by atoms with van der Waals surface area (Å²) in [5.74, 6) is 0.967. The van der Waals surface area contributed by atoms with Gasteiger partial charge >= 0.3 is 0 Å². The minimum absolute atomic E-state index is 0.823. The number of hydrogen-bond donors (Lipinski definition) is 1. The molecule has 0 saturated heterocycles. The summed E-state index contributed by atoms with van der Waals surface area (Å²) in [6, 6.07) is 7.81. The maximum Gasteiger partial charge on any atom is 0.0414 e. The average Bonchev–Trinajstić information content (AvgIpc) is 3.27. The molecule has 2 aliphatic carbocycles. The van der Waals surface area contributed by atoms with Crippen LogP contribution in [0.2, 0.25) is 0 Å². The second kappa shape index (κ2) is 5.54. The highest BCUT2D eigenvalue weighted by molar-refractivity contribution is 5.57. The molecule has 0 bridgehead atoms. The molecule has 1 N–H and O–H groups in total. The summed E-state index contributed by atoms with van der Waals surface area (Å²) in [7, 11) is 0. The van der Waals surface area contributed by atoms with E-state index < -0.39 is 0 Å². The van der Waals surface area contributed by atoms with Crippen LogP contribution in [0.1, 0.15) is 43.7 Å². The molecular formula is C17H26N2. The third kappa shape index (κ3) is 3.30. The summed E-state index contributed by atoms with van der Waals surface area (Å²) in [6.45, 7) is 7.70. The van der Waals surface area contributed by atoms with Gasteiger partial charge in [-0.2, -0.15) is 0 Å². The van der Waals surface area contributed by atoms with Crippen molar-refractivity contribution in [3.63, 3.8) is 0 Å². The van der Waals surface area contributed by atoms with E-state index in [1.54, 1.807) is 0 Å². The molecule has 1 aromatic carbocycles. The van der Waals surface area contributed by atoms with Gasteiger partial charge in [-0.15, -0.1) is 0 Å². The Bertz CT molecular complexity index is 433. The Kier molecular flexibility index (Phi) is 3.79. The first-order valence-electron chi connectivity index (χ1n) is 7.85. The van der Waals surface area contributed by atoms with E-state index in [1.807, 2.05) is 0 Å². The highest BCUT2D eigenvalue weighted by atomic mass is 15.2. The van der Waals surface area contributed by atoms with E-state index in [0.29, 0.717) is 0 Å². The molecule has 0 unspecified atom stereocenters. The van der Waals surface area contributed by atoms with E-state index in [0.717, 1.165) is 25.0 Å². The summed E-state index contributed by atoms with van der Waals surface area (Å²) < 4.78 is 0. The molecular weight excluding hydrogens is 232 g/mol. The van der Waals surface area contributed by atoms with Gasteiger partial charge in [0, 0.05) is 24.8 Å². The molecule has 0 amide bonds. The zero-order valence-corrected chi connectivity index (χ0v) is 12.3. The first-order chi connectivity index (χ1) is 9.28. The lowest BCUT2D eigenvalue weighted by Gasteiger charge is -2.27. The van der Waals surface area contributed by atoms with E-state index in [9.17, 15) is 0 Å². The molecule has 1 aromatic rings. The van der Waals surface area contributed by atoms with Gasteiger partial charge in [0.2, 0.25) is 0 Å². The fourth-order valence-electron chi connectivity index (χ4n) is 2.80. The maximum absolute atomic E-state index is 3.49. The molecule has 0 aliphatic heterocycles. The summed E-state index contributed by atoms with van der Waals surface area (Å²) in [4.78, 5) is 2.70. The van der Waals surface area contributed by atoms with E-state index in [1.165, 1.54) is 49.0 Å². The van der Waals surface area contributed by atoms with E-state index in [2.05, 4.69) is 42.3 Å². The quantitative estimate of drug-likeness (QED) is 0.805. The molecule has 3 rings (SSSR count). The lowest BCUT2D eigenvalue weighted by atomic mass is 10.1. The Hall–Kier alpha value is -1.02. The first kappa shape index (κ1) is 13.0. The van der Waals surface area contributed by atoms with Crippen molar-refractivity contribution in [1.82, 2.24) is 5.32 Å². The Balaban J connectivity index is 1.82. The number of benzene rings is 1. The molecule has 0 spiro atoms. The Labute approximate surface area is 117 Å². The van der Waals surface area contributed by atoms with Crippen molar-refractivity contribution in [2.75, 3.05) is 18.0 Å². The van der Waals surface area contributed by atoms with Crippen LogP contribution in [-0.2, 0) is 6.54 Å². The maximum atomic E-state index is 3.49. The van der Waals surface area contributed by atoms with Crippen LogP contribution in [0.5, 0.6) is 0 Å². The van der Waals surface area contributed by atoms with E-state index in [4.69, 9.17) is 0 Å². The van der Waals surface area contributed by atoms with Crippen molar-refractivity contribution in [2.45, 2.75) is 52.1 Å². The summed E-state index contributed by atoms with van der Waals surface area (Å²) >= 11 is 0. The smallest absolute Gasteiger partial charge is 0.0414 e. The van der Waals surface area contributed by atoms with Crippen LogP contribution in [0.4, 0.5) is 5.69 Å². The molecule has 2 nitrogen and oxygen atoms in total. The zero-order valence-electron chi connectivity index (χ0n) is 12.3. The topological polar surface area (TPSA) is 15.3 Å². The normalized spacial score (nSPS) is 18.6. The average molecular weight is 258 g/mol. The minimum atomic E-state index is 0.823. The SMILES string of the molecule is CCNCc1cc(C)ccc1N(CC1CC1)C1CC1. The van der Waals surface area contributed by atoms with Crippen molar-refractivity contribution in [2.24, 2.45) is 5.92 Å². The van der Waals surface area contributed by atoms with Crippen molar-refractivity contribution >= 4 is 5.69 Å². The van der Waals surface area contributed by atoms with Crippen LogP contribution in [0.15, 0.2) is 18.2 Å². The number of hydrogen-bond acceptors (Lipinski definition) is 2. The fraction of sp³-hybridized carbons (Fsp3) is 0.647. The second-order valence-electron chi connectivity index (χ2n) is 6.24. The van der Waals surface area contributed by atoms with Crippen molar-refractivity contribution in [3.8, 4) is 0 Å². The Morgan fingerprint density at radius 1 is 1.21 bits per heavy atom. The number of aryl methyl sites for hydroxylation is 1. The second-order valence-corrected chi connectivity index (χ2v) is 6.24. The number of rotatable bonds is 7. The van der Waals surface area contributed by atoms with E-state index in [-0.39, 0.29) is 0 Å². The summed E-state index contributed by atoms with van der Waals surface area (Å²) in [5, 5.41) is 3.49. The van der Waals surface area contributed by atoms with E-state index >= 15 is 0 Å². The predicted octanol–water partition coefficient (Wildman–Crippen LogP) is 3.48. The van der Waals surface area contributed by atoms with Gasteiger partial charge in [-0.1, -0.05) is 24.6 Å². The lowest BCUT2D eigenvalue weighted by Crippen LogP contribution is -2.29. The minimum Gasteiger partial charge on any atom is -0.368 e. The van der Waals surface area contributed by atoms with Gasteiger partial charge in [0.25, 0.3) is 0 Å². The zero-order chi connectivity index (χ0) is 13.2. The molecule has 2 fully saturated rings. The van der Waals surface area contributed by atoms with Crippen molar-refractivity contribution < 1.29 is 0 Å². The molecule has 104 valence electrons. The highest BCUT2D eigenvalue weighted by Crippen LogP contribution is 2.39. The highest BCUT2D eigenvalue weighted by Gasteiger charge is 2.34. The van der Waals surface area contributed by atoms with Crippen LogP contribution in [0, 0.1) is 12.8 Å². The molecule has 2 heteroatoms. The monoisotopic (exact) mass is 258 g/mol. The largest absolute Gasteiger partial charge is 0.368 e. The third-order valence-corrected chi connectivity index (χ3v) is 4.25.